The van der Waals surface area contributed by atoms with Gasteiger partial charge in [-0.2, -0.15) is 0 Å². The molecular formula is C97H104ClF2N9O16S. The number of amides is 9. The maximum absolute atomic E-state index is 14.2. The Labute approximate surface area is 738 Å². The molecule has 0 radical (unpaired) electrons. The van der Waals surface area contributed by atoms with Crippen LogP contribution in [-0.4, -0.2) is 152 Å². The molecule has 660 valence electrons. The summed E-state index contributed by atoms with van der Waals surface area (Å²) in [6, 6.07) is 59.3. The number of aryl methyl sites for hydroxylation is 5. The number of β-lactam (4-membered cyclic amide) rings is 4. The van der Waals surface area contributed by atoms with E-state index in [-0.39, 0.29) is 61.9 Å². The number of hydrogen-bond donors (Lipinski definition) is 6. The lowest BCUT2D eigenvalue weighted by molar-refractivity contribution is -0.180. The fourth-order valence-electron chi connectivity index (χ4n) is 17.0. The van der Waals surface area contributed by atoms with Gasteiger partial charge in [-0.15, -0.1) is 11.3 Å². The summed E-state index contributed by atoms with van der Waals surface area (Å²) < 4.78 is 34.0. The van der Waals surface area contributed by atoms with Gasteiger partial charge in [0.05, 0.1) is 29.7 Å². The van der Waals surface area contributed by atoms with Crippen LogP contribution in [-0.2, 0) is 89.8 Å². The number of carbonyl (C=O) groups is 12. The first-order valence-corrected chi connectivity index (χ1v) is 43.4. The van der Waals surface area contributed by atoms with Crippen LogP contribution >= 0.6 is 22.9 Å². The third-order valence-electron chi connectivity index (χ3n) is 23.9. The van der Waals surface area contributed by atoms with Crippen LogP contribution in [0.2, 0.25) is 5.02 Å². The number of anilines is 2. The molecule has 7 aromatic carbocycles. The molecule has 9 aromatic rings. The molecule has 25 nitrogen and oxygen atoms in total. The molecule has 5 aliphatic rings. The number of alkyl halides is 2. The molecule has 4 saturated heterocycles. The number of nitrogens with two attached hydrogens (primary N) is 2. The number of hydrogen-bond acceptors (Lipinski definition) is 18. The molecule has 9 amide bonds. The van der Waals surface area contributed by atoms with Crippen LogP contribution in [0.3, 0.4) is 0 Å². The molecule has 5 fully saturated rings. The van der Waals surface area contributed by atoms with E-state index in [0.717, 1.165) is 90.3 Å². The van der Waals surface area contributed by atoms with E-state index in [9.17, 15) is 81.6 Å². The van der Waals surface area contributed by atoms with Gasteiger partial charge < -0.3 is 36.8 Å². The van der Waals surface area contributed by atoms with Gasteiger partial charge in [0.1, 0.15) is 30.6 Å². The second-order valence-electron chi connectivity index (χ2n) is 32.7. The van der Waals surface area contributed by atoms with Gasteiger partial charge in [-0.1, -0.05) is 238 Å². The SMILES string of the molecule is CC(F)(F)[C@@H](NC(=O)N1C(=O)[C@H](CCc2cccc(Cl)c2)[C@H]1C(=O)O)C1CCCCC1.C[C@@H](CC(=O)N1C(=O)[C@H](CCc2cnc(N)s2)[C@H]1C(=O)O)c1ccccc1.Cc1ccc(CC[C@H]2C(=O)N(C(=O)C[C@H](C)c3ccccc3)[C@@H]2C(=O)OCc2ccccc2)cc1.Nc1cc(CC[C@H]2C(=O)N(C(=O)CC(c3ccccc3)c3ccccc3)[C@@H]2C(=O)O)ccn1. The summed E-state index contributed by atoms with van der Waals surface area (Å²) >= 11 is 7.26. The van der Waals surface area contributed by atoms with Crippen LogP contribution in [0.1, 0.15) is 171 Å². The van der Waals surface area contributed by atoms with E-state index in [1.54, 1.807) is 42.7 Å². The van der Waals surface area contributed by atoms with Crippen molar-refractivity contribution in [2.24, 2.45) is 29.6 Å². The maximum atomic E-state index is 14.2. The Kier molecular flexibility index (Phi) is 32.6. The van der Waals surface area contributed by atoms with E-state index < -0.39 is 125 Å². The number of halogens is 3. The van der Waals surface area contributed by atoms with Crippen LogP contribution in [0.4, 0.5) is 24.5 Å². The number of benzene rings is 7. The molecule has 1 saturated carbocycles. The molecule has 0 bridgehead atoms. The minimum atomic E-state index is -3.18. The number of rotatable bonds is 31. The number of carbonyl (C=O) groups excluding carboxylic acids is 9. The Morgan fingerprint density at radius 2 is 0.913 bits per heavy atom. The number of carboxylic acid groups (broad SMARTS) is 3. The zero-order valence-corrected chi connectivity index (χ0v) is 72.0. The molecule has 8 N–H and O–H groups in total. The Morgan fingerprint density at radius 1 is 0.500 bits per heavy atom. The van der Waals surface area contributed by atoms with Crippen molar-refractivity contribution in [2.75, 3.05) is 11.5 Å². The lowest BCUT2D eigenvalue weighted by atomic mass is 9.81. The fraction of sp³-hybridized carbons (Fsp3) is 0.361. The van der Waals surface area contributed by atoms with Gasteiger partial charge in [0.15, 0.2) is 11.2 Å². The third kappa shape index (κ3) is 24.1. The molecule has 11 atom stereocenters. The van der Waals surface area contributed by atoms with Crippen molar-refractivity contribution in [3.05, 3.63) is 285 Å². The quantitative estimate of drug-likeness (QED) is 0.0174. The number of aromatic nitrogens is 2. The average molecular weight is 1760 g/mol. The first-order valence-electron chi connectivity index (χ1n) is 42.3. The molecule has 0 spiro atoms. The van der Waals surface area contributed by atoms with Crippen molar-refractivity contribution in [3.8, 4) is 0 Å². The van der Waals surface area contributed by atoms with Crippen molar-refractivity contribution in [2.45, 2.75) is 191 Å². The van der Waals surface area contributed by atoms with E-state index in [1.807, 2.05) is 203 Å². The zero-order valence-electron chi connectivity index (χ0n) is 70.4. The molecule has 1 aliphatic carbocycles. The van der Waals surface area contributed by atoms with Crippen molar-refractivity contribution < 1.29 is 86.4 Å². The second kappa shape index (κ2) is 43.8. The number of thiazole rings is 1. The average Bonchev–Trinajstić information content (AvgIpc) is 0.821. The Morgan fingerprint density at radius 3 is 1.37 bits per heavy atom. The summed E-state index contributed by atoms with van der Waals surface area (Å²) in [4.78, 5) is 163. The minimum absolute atomic E-state index is 0.0111. The Hall–Kier alpha value is -12.7. The highest BCUT2D eigenvalue weighted by atomic mass is 35.5. The molecule has 29 heteroatoms. The van der Waals surface area contributed by atoms with Gasteiger partial charge >= 0.3 is 29.9 Å². The number of urea groups is 1. The molecule has 4 aliphatic heterocycles. The number of nitrogens with zero attached hydrogens (tertiary/aromatic N) is 6. The van der Waals surface area contributed by atoms with E-state index >= 15 is 0 Å². The molecule has 0 unspecified atom stereocenters. The van der Waals surface area contributed by atoms with E-state index in [0.29, 0.717) is 78.7 Å². The standard InChI is InChI=1S/C30H31NO4.C26H25N3O4.C22H27ClF2N2O4.C19H21N3O4S/c1-21-13-15-23(16-14-21)17-18-26-28(30(34)35-20-24-9-5-3-6-10-24)31(29(26)33)27(32)19-22(2)25-11-7-4-8-12-25;27-22-15-17(13-14-28-22)11-12-20-24(26(32)33)29(25(20)31)23(30)16-21(18-7-3-1-4-8-18)19-9-5-2-6-10-19;1-22(24,25)18(14-7-3-2-4-8-14)26-21(31)27-17(20(29)30)16(19(27)28)11-10-13-6-5-9-15(23)12-13;1-11(12-5-3-2-4-6-12)9-15(23)22-16(18(25)26)14(17(22)24)8-7-13-10-21-19(20)27-13/h3-16,22,26,28H,17-20H2,1-2H3;1-10,13-15,20-21,24H,11-12,16H2,(H2,27,28)(H,32,33);5-6,9,12,14,16-18H,2-4,7-8,10-11H2,1H3,(H,26,31)(H,29,30);2-6,10-11,14,16H,7-9H2,1H3,(H2,20,21)(H,25,26)/t22-,26+,28-;20-,24+;16-,17+,18+;11-,14+,16-/m0110/s1. The first-order chi connectivity index (χ1) is 60.4. The first kappa shape index (κ1) is 94.0. The fourth-order valence-corrected chi connectivity index (χ4v) is 17.9. The zero-order chi connectivity index (χ0) is 90.5. The van der Waals surface area contributed by atoms with Crippen LogP contribution < -0.4 is 16.8 Å². The summed E-state index contributed by atoms with van der Waals surface area (Å²) in [6.07, 6.45) is 10.6. The van der Waals surface area contributed by atoms with E-state index in [2.05, 4.69) is 15.3 Å². The molecule has 126 heavy (non-hydrogen) atoms. The Bertz CT molecular complexity index is 5260. The summed E-state index contributed by atoms with van der Waals surface area (Å²) in [5, 5.41) is 32.1. The number of pyridine rings is 1. The number of likely N-dealkylation sites (tertiary alicyclic amines) is 4. The highest BCUT2D eigenvalue weighted by Gasteiger charge is 2.59. The van der Waals surface area contributed by atoms with Gasteiger partial charge in [0, 0.05) is 54.4 Å². The predicted molar refractivity (Wildman–Crippen MR) is 470 cm³/mol. The number of nitrogens with one attached hydrogen (secondary N) is 1. The molecular weight excluding hydrogens is 1650 g/mol. The molecule has 14 rings (SSSR count). The van der Waals surface area contributed by atoms with Gasteiger partial charge in [0.25, 0.3) is 5.92 Å². The van der Waals surface area contributed by atoms with Crippen molar-refractivity contribution in [1.82, 2.24) is 34.9 Å². The highest BCUT2D eigenvalue weighted by molar-refractivity contribution is 7.15. The minimum Gasteiger partial charge on any atom is -0.480 e. The van der Waals surface area contributed by atoms with Gasteiger partial charge in [-0.3, -0.25) is 48.3 Å². The molecule has 6 heterocycles. The van der Waals surface area contributed by atoms with E-state index in [1.165, 1.54) is 16.9 Å². The number of nitrogen functional groups attached to an aromatic ring is 2. The lowest BCUT2D eigenvalue weighted by Gasteiger charge is -2.44. The number of carboxylic acids is 3. The van der Waals surface area contributed by atoms with Gasteiger partial charge in [-0.05, 0) is 158 Å². The summed E-state index contributed by atoms with van der Waals surface area (Å²) in [5.74, 6) is -13.8. The van der Waals surface area contributed by atoms with Crippen molar-refractivity contribution in [1.29, 1.82) is 0 Å². The van der Waals surface area contributed by atoms with Crippen LogP contribution in [0.5, 0.6) is 0 Å². The molecule has 2 aromatic heterocycles. The predicted octanol–water partition coefficient (Wildman–Crippen LogP) is 15.3. The van der Waals surface area contributed by atoms with E-state index in [4.69, 9.17) is 27.8 Å². The summed E-state index contributed by atoms with van der Waals surface area (Å²) in [6.45, 7) is 6.72. The largest absolute Gasteiger partial charge is 0.480 e. The number of imide groups is 4. The highest BCUT2D eigenvalue weighted by Crippen LogP contribution is 2.41. The summed E-state index contributed by atoms with van der Waals surface area (Å²) in [5.41, 5.74) is 20.0. The Balaban J connectivity index is 0.000000164. The lowest BCUT2D eigenvalue weighted by Crippen LogP contribution is -2.69. The normalized spacial score (nSPS) is 19.7. The number of ether oxygens (including phenoxy) is 1. The second-order valence-corrected chi connectivity index (χ2v) is 34.3. The smallest absolute Gasteiger partial charge is 0.330 e. The topological polar surface area (TPSA) is 378 Å². The van der Waals surface area contributed by atoms with Crippen molar-refractivity contribution in [3.63, 3.8) is 0 Å². The maximum Gasteiger partial charge on any atom is 0.330 e. The van der Waals surface area contributed by atoms with Crippen LogP contribution in [0.15, 0.2) is 225 Å². The monoisotopic (exact) mass is 1760 g/mol. The van der Waals surface area contributed by atoms with Crippen LogP contribution in [0.25, 0.3) is 0 Å². The van der Waals surface area contributed by atoms with Gasteiger partial charge in [0.2, 0.25) is 41.4 Å². The van der Waals surface area contributed by atoms with Crippen molar-refractivity contribution >= 4 is 105 Å². The number of aliphatic carboxylic acids is 3. The number of esters is 1. The van der Waals surface area contributed by atoms with Gasteiger partial charge in [-0.25, -0.2) is 47.6 Å². The summed E-state index contributed by atoms with van der Waals surface area (Å²) in [7, 11) is 0. The third-order valence-corrected chi connectivity index (χ3v) is 25.0. The van der Waals surface area contributed by atoms with Crippen LogP contribution in [0, 0.1) is 36.5 Å².